The maximum Gasteiger partial charge on any atom is 0.305 e. The highest BCUT2D eigenvalue weighted by Gasteiger charge is 2.23. The Morgan fingerprint density at radius 2 is 2.18 bits per heavy atom. The van der Waals surface area contributed by atoms with Crippen molar-refractivity contribution in [1.82, 2.24) is 10.3 Å². The molecule has 2 N–H and O–H groups in total. The monoisotopic (exact) mass is 256 g/mol. The van der Waals surface area contributed by atoms with Crippen molar-refractivity contribution in [3.8, 4) is 0 Å². The molecule has 1 aromatic heterocycles. The molecule has 94 valence electrons. The van der Waals surface area contributed by atoms with Crippen molar-refractivity contribution in [2.45, 2.75) is 39.2 Å². The van der Waals surface area contributed by atoms with Gasteiger partial charge in [0.15, 0.2) is 0 Å². The number of aromatic nitrogens is 1. The Morgan fingerprint density at radius 1 is 1.53 bits per heavy atom. The highest BCUT2D eigenvalue weighted by Crippen LogP contribution is 2.11. The van der Waals surface area contributed by atoms with E-state index in [1.165, 1.54) is 11.3 Å². The molecule has 0 aliphatic heterocycles. The minimum atomic E-state index is -0.931. The first-order valence-electron chi connectivity index (χ1n) is 5.22. The number of nitrogens with one attached hydrogen (secondary N) is 1. The Bertz CT molecular complexity index is 426. The van der Waals surface area contributed by atoms with Crippen LogP contribution in [0.2, 0.25) is 0 Å². The van der Waals surface area contributed by atoms with Gasteiger partial charge in [0.05, 0.1) is 23.5 Å². The fraction of sp³-hybridized carbons (Fsp3) is 0.545. The molecule has 1 aromatic rings. The van der Waals surface area contributed by atoms with Gasteiger partial charge >= 0.3 is 5.97 Å². The average Bonchev–Trinajstić information content (AvgIpc) is 2.46. The highest BCUT2D eigenvalue weighted by atomic mass is 32.1. The first kappa shape index (κ1) is 13.6. The summed E-state index contributed by atoms with van der Waals surface area (Å²) < 4.78 is 0. The van der Waals surface area contributed by atoms with Gasteiger partial charge < -0.3 is 10.4 Å². The van der Waals surface area contributed by atoms with Gasteiger partial charge in [0.2, 0.25) is 5.91 Å². The van der Waals surface area contributed by atoms with E-state index in [1.807, 2.05) is 12.3 Å². The standard InChI is InChI=1S/C11H16N2O3S/c1-7-12-8(6-17-7)4-9(14)13-11(2,3)5-10(15)16/h6H,4-5H2,1-3H3,(H,13,14)(H,15,16). The summed E-state index contributed by atoms with van der Waals surface area (Å²) >= 11 is 1.49. The molecule has 0 aliphatic carbocycles. The molecule has 1 rings (SSSR count). The van der Waals surface area contributed by atoms with E-state index < -0.39 is 11.5 Å². The molecule has 0 aromatic carbocycles. The number of nitrogens with zero attached hydrogens (tertiary/aromatic N) is 1. The summed E-state index contributed by atoms with van der Waals surface area (Å²) in [5.74, 6) is -1.14. The molecule has 0 fully saturated rings. The quantitative estimate of drug-likeness (QED) is 0.833. The second-order valence-corrected chi connectivity index (χ2v) is 5.60. The van der Waals surface area contributed by atoms with Crippen molar-refractivity contribution in [3.05, 3.63) is 16.1 Å². The van der Waals surface area contributed by atoms with Crippen LogP contribution in [0.1, 0.15) is 31.0 Å². The number of carboxylic acid groups (broad SMARTS) is 1. The summed E-state index contributed by atoms with van der Waals surface area (Å²) in [5, 5.41) is 14.1. The molecule has 0 bridgehead atoms. The Morgan fingerprint density at radius 3 is 2.65 bits per heavy atom. The van der Waals surface area contributed by atoms with E-state index in [-0.39, 0.29) is 18.7 Å². The van der Waals surface area contributed by atoms with Crippen LogP contribution in [0.15, 0.2) is 5.38 Å². The lowest BCUT2D eigenvalue weighted by molar-refractivity contribution is -0.138. The van der Waals surface area contributed by atoms with Gasteiger partial charge in [-0.05, 0) is 20.8 Å². The van der Waals surface area contributed by atoms with Crippen LogP contribution in [0, 0.1) is 6.92 Å². The third-order valence-corrected chi connectivity index (χ3v) is 2.90. The second kappa shape index (κ2) is 5.27. The molecule has 1 amide bonds. The van der Waals surface area contributed by atoms with E-state index in [1.54, 1.807) is 13.8 Å². The molecular formula is C11H16N2O3S. The molecule has 0 aliphatic rings. The molecule has 17 heavy (non-hydrogen) atoms. The summed E-state index contributed by atoms with van der Waals surface area (Å²) in [6.07, 6.45) is 0.0855. The number of carbonyl (C=O) groups excluding carboxylic acids is 1. The number of hydrogen-bond acceptors (Lipinski definition) is 4. The molecule has 0 spiro atoms. The normalized spacial score (nSPS) is 11.2. The van der Waals surface area contributed by atoms with E-state index in [4.69, 9.17) is 5.11 Å². The number of aryl methyl sites for hydroxylation is 1. The van der Waals surface area contributed by atoms with Gasteiger partial charge in [0.1, 0.15) is 0 Å². The topological polar surface area (TPSA) is 79.3 Å². The van der Waals surface area contributed by atoms with Gasteiger partial charge in [-0.15, -0.1) is 11.3 Å². The number of hydrogen-bond donors (Lipinski definition) is 2. The number of carboxylic acids is 1. The average molecular weight is 256 g/mol. The predicted octanol–water partition coefficient (Wildman–Crippen LogP) is 1.36. The number of amides is 1. The van der Waals surface area contributed by atoms with E-state index >= 15 is 0 Å². The Kier molecular flexibility index (Phi) is 4.22. The van der Waals surface area contributed by atoms with Gasteiger partial charge in [-0.1, -0.05) is 0 Å². The van der Waals surface area contributed by atoms with E-state index in [0.29, 0.717) is 0 Å². The van der Waals surface area contributed by atoms with Crippen LogP contribution in [-0.4, -0.2) is 27.5 Å². The minimum absolute atomic E-state index is 0.102. The first-order chi connectivity index (χ1) is 7.78. The van der Waals surface area contributed by atoms with Crippen LogP contribution in [-0.2, 0) is 16.0 Å². The van der Waals surface area contributed by atoms with Gasteiger partial charge in [-0.25, -0.2) is 4.98 Å². The zero-order valence-electron chi connectivity index (χ0n) is 10.1. The summed E-state index contributed by atoms with van der Waals surface area (Å²) in [6.45, 7) is 5.25. The second-order valence-electron chi connectivity index (χ2n) is 4.54. The van der Waals surface area contributed by atoms with Crippen molar-refractivity contribution in [1.29, 1.82) is 0 Å². The molecule has 0 saturated heterocycles. The zero-order chi connectivity index (χ0) is 13.1. The van der Waals surface area contributed by atoms with Crippen LogP contribution < -0.4 is 5.32 Å². The first-order valence-corrected chi connectivity index (χ1v) is 6.10. The molecule has 5 nitrogen and oxygen atoms in total. The van der Waals surface area contributed by atoms with Crippen molar-refractivity contribution in [2.75, 3.05) is 0 Å². The van der Waals surface area contributed by atoms with Crippen LogP contribution in [0.5, 0.6) is 0 Å². The number of rotatable bonds is 5. The number of carbonyl (C=O) groups is 2. The Hall–Kier alpha value is -1.43. The summed E-state index contributed by atoms with van der Waals surface area (Å²) in [4.78, 5) is 26.5. The van der Waals surface area contributed by atoms with Crippen molar-refractivity contribution >= 4 is 23.2 Å². The van der Waals surface area contributed by atoms with Gasteiger partial charge in [-0.2, -0.15) is 0 Å². The Balaban J connectivity index is 2.52. The molecule has 0 radical (unpaired) electrons. The maximum absolute atomic E-state index is 11.7. The summed E-state index contributed by atoms with van der Waals surface area (Å²) in [5.41, 5.74) is -0.0234. The molecule has 0 unspecified atom stereocenters. The smallest absolute Gasteiger partial charge is 0.305 e. The molecule has 6 heteroatoms. The van der Waals surface area contributed by atoms with Gasteiger partial charge in [-0.3, -0.25) is 9.59 Å². The molecule has 1 heterocycles. The van der Waals surface area contributed by atoms with Gasteiger partial charge in [0, 0.05) is 10.9 Å². The largest absolute Gasteiger partial charge is 0.481 e. The van der Waals surface area contributed by atoms with Crippen LogP contribution in [0.3, 0.4) is 0 Å². The highest BCUT2D eigenvalue weighted by molar-refractivity contribution is 7.09. The number of aliphatic carboxylic acids is 1. The molecule has 0 atom stereocenters. The van der Waals surface area contributed by atoms with Crippen LogP contribution >= 0.6 is 11.3 Å². The molecule has 0 saturated carbocycles. The Labute approximate surface area is 104 Å². The lowest BCUT2D eigenvalue weighted by Gasteiger charge is -2.23. The fourth-order valence-electron chi connectivity index (χ4n) is 1.50. The van der Waals surface area contributed by atoms with E-state index in [9.17, 15) is 9.59 Å². The maximum atomic E-state index is 11.7. The van der Waals surface area contributed by atoms with Crippen LogP contribution in [0.4, 0.5) is 0 Å². The SMILES string of the molecule is Cc1nc(CC(=O)NC(C)(C)CC(=O)O)cs1. The van der Waals surface area contributed by atoms with Crippen LogP contribution in [0.25, 0.3) is 0 Å². The zero-order valence-corrected chi connectivity index (χ0v) is 10.9. The fourth-order valence-corrected chi connectivity index (χ4v) is 2.11. The van der Waals surface area contributed by atoms with Gasteiger partial charge in [0.25, 0.3) is 0 Å². The van der Waals surface area contributed by atoms with Crippen molar-refractivity contribution < 1.29 is 14.7 Å². The third-order valence-electron chi connectivity index (χ3n) is 2.08. The van der Waals surface area contributed by atoms with E-state index in [0.717, 1.165) is 10.7 Å². The lowest BCUT2D eigenvalue weighted by atomic mass is 10.0. The predicted molar refractivity (Wildman–Crippen MR) is 65.0 cm³/mol. The minimum Gasteiger partial charge on any atom is -0.481 e. The molecular weight excluding hydrogens is 240 g/mol. The summed E-state index contributed by atoms with van der Waals surface area (Å²) in [6, 6.07) is 0. The van der Waals surface area contributed by atoms with Crippen molar-refractivity contribution in [2.24, 2.45) is 0 Å². The lowest BCUT2D eigenvalue weighted by Crippen LogP contribution is -2.45. The summed E-state index contributed by atoms with van der Waals surface area (Å²) in [7, 11) is 0. The number of thiazole rings is 1. The third kappa shape index (κ3) is 4.95. The van der Waals surface area contributed by atoms with E-state index in [2.05, 4.69) is 10.3 Å². The van der Waals surface area contributed by atoms with Crippen molar-refractivity contribution in [3.63, 3.8) is 0 Å².